The van der Waals surface area contributed by atoms with Gasteiger partial charge in [-0.1, -0.05) is 57.5 Å². The van der Waals surface area contributed by atoms with E-state index in [-0.39, 0.29) is 23.3 Å². The van der Waals surface area contributed by atoms with E-state index in [0.29, 0.717) is 34.7 Å². The third kappa shape index (κ3) is 4.63. The smallest absolute Gasteiger partial charge is 0.262 e. The van der Waals surface area contributed by atoms with E-state index in [9.17, 15) is 9.59 Å². The van der Waals surface area contributed by atoms with Gasteiger partial charge in [0.1, 0.15) is 0 Å². The maximum absolute atomic E-state index is 13.1. The van der Waals surface area contributed by atoms with Gasteiger partial charge in [-0.15, -0.1) is 10.2 Å². The van der Waals surface area contributed by atoms with E-state index in [1.807, 2.05) is 28.7 Å². The molecule has 1 saturated carbocycles. The van der Waals surface area contributed by atoms with Crippen LogP contribution in [0, 0.1) is 11.8 Å². The van der Waals surface area contributed by atoms with Crippen molar-refractivity contribution in [3.63, 3.8) is 0 Å². The Bertz CT molecular complexity index is 1140. The molecule has 2 aromatic heterocycles. The summed E-state index contributed by atoms with van der Waals surface area (Å²) in [6.07, 6.45) is 5.53. The van der Waals surface area contributed by atoms with Gasteiger partial charge in [0.05, 0.1) is 16.7 Å². The van der Waals surface area contributed by atoms with Crippen LogP contribution >= 0.6 is 11.8 Å². The lowest BCUT2D eigenvalue weighted by Gasteiger charge is -2.29. The van der Waals surface area contributed by atoms with Gasteiger partial charge < -0.3 is 5.32 Å². The molecule has 3 aromatic rings. The quantitative estimate of drug-likeness (QED) is 0.563. The first kappa shape index (κ1) is 21.9. The van der Waals surface area contributed by atoms with Gasteiger partial charge in [0.15, 0.2) is 5.16 Å². The highest BCUT2D eigenvalue weighted by molar-refractivity contribution is 7.99. The predicted molar refractivity (Wildman–Crippen MR) is 124 cm³/mol. The van der Waals surface area contributed by atoms with Crippen LogP contribution in [-0.2, 0) is 11.3 Å². The van der Waals surface area contributed by atoms with Crippen molar-refractivity contribution in [2.75, 3.05) is 5.75 Å². The second-order valence-corrected chi connectivity index (χ2v) is 9.94. The molecule has 7 nitrogen and oxygen atoms in total. The Balaban J connectivity index is 1.61. The number of fused-ring (bicyclic) bond motifs is 3. The van der Waals surface area contributed by atoms with Crippen LogP contribution in [0.4, 0.5) is 0 Å². The molecular weight excluding hydrogens is 410 g/mol. The number of amides is 1. The van der Waals surface area contributed by atoms with Crippen LogP contribution in [0.25, 0.3) is 16.7 Å². The maximum Gasteiger partial charge on any atom is 0.262 e. The number of aryl methyl sites for hydroxylation is 1. The Morgan fingerprint density at radius 1 is 1.23 bits per heavy atom. The highest BCUT2D eigenvalue weighted by Crippen LogP contribution is 2.25. The molecule has 1 N–H and O–H groups in total. The maximum atomic E-state index is 13.1. The Morgan fingerprint density at radius 3 is 2.77 bits per heavy atom. The van der Waals surface area contributed by atoms with Crippen LogP contribution in [-0.4, -0.2) is 36.9 Å². The minimum Gasteiger partial charge on any atom is -0.352 e. The molecule has 0 saturated heterocycles. The van der Waals surface area contributed by atoms with Gasteiger partial charge in [-0.05, 0) is 43.2 Å². The average molecular weight is 442 g/mol. The van der Waals surface area contributed by atoms with Crippen molar-refractivity contribution < 1.29 is 4.79 Å². The minimum atomic E-state index is -0.0447. The van der Waals surface area contributed by atoms with Crippen LogP contribution in [0.1, 0.15) is 52.9 Å². The zero-order valence-corrected chi connectivity index (χ0v) is 19.3. The van der Waals surface area contributed by atoms with Crippen molar-refractivity contribution >= 4 is 34.3 Å². The lowest BCUT2D eigenvalue weighted by atomic mass is 9.86. The van der Waals surface area contributed by atoms with Crippen molar-refractivity contribution in [2.24, 2.45) is 11.8 Å². The van der Waals surface area contributed by atoms with Crippen LogP contribution < -0.4 is 10.9 Å². The van der Waals surface area contributed by atoms with Gasteiger partial charge in [-0.2, -0.15) is 0 Å². The molecule has 0 aliphatic heterocycles. The van der Waals surface area contributed by atoms with Gasteiger partial charge >= 0.3 is 0 Å². The summed E-state index contributed by atoms with van der Waals surface area (Å²) < 4.78 is 3.63. The number of aromatic nitrogens is 4. The molecule has 31 heavy (non-hydrogen) atoms. The molecule has 1 aliphatic rings. The van der Waals surface area contributed by atoms with Crippen molar-refractivity contribution in [1.82, 2.24) is 24.5 Å². The van der Waals surface area contributed by atoms with E-state index in [1.54, 1.807) is 4.57 Å². The third-order valence-corrected chi connectivity index (χ3v) is 7.13. The molecule has 0 bridgehead atoms. The number of carbonyl (C=O) groups is 1. The SMILES string of the molecule is CC(C)CCn1c(=O)c2ccccc2n2c(SCC(=O)NC3CCCCC3C)nnc12. The zero-order chi connectivity index (χ0) is 22.0. The fourth-order valence-corrected chi connectivity index (χ4v) is 5.08. The predicted octanol–water partition coefficient (Wildman–Crippen LogP) is 3.88. The van der Waals surface area contributed by atoms with E-state index >= 15 is 0 Å². The Labute approximate surface area is 186 Å². The second kappa shape index (κ2) is 9.42. The number of hydrogen-bond donors (Lipinski definition) is 1. The number of nitrogens with one attached hydrogen (secondary N) is 1. The minimum absolute atomic E-state index is 0.0259. The lowest BCUT2D eigenvalue weighted by molar-refractivity contribution is -0.119. The van der Waals surface area contributed by atoms with E-state index in [2.05, 4.69) is 36.3 Å². The third-order valence-electron chi connectivity index (χ3n) is 6.20. The van der Waals surface area contributed by atoms with Gasteiger partial charge in [0, 0.05) is 12.6 Å². The molecule has 166 valence electrons. The molecule has 2 atom stereocenters. The largest absolute Gasteiger partial charge is 0.352 e. The molecule has 1 amide bonds. The lowest BCUT2D eigenvalue weighted by Crippen LogP contribution is -2.41. The summed E-state index contributed by atoms with van der Waals surface area (Å²) in [4.78, 5) is 25.7. The molecule has 2 unspecified atom stereocenters. The van der Waals surface area contributed by atoms with Crippen molar-refractivity contribution in [3.05, 3.63) is 34.6 Å². The first-order chi connectivity index (χ1) is 15.0. The van der Waals surface area contributed by atoms with Crippen molar-refractivity contribution in [3.8, 4) is 0 Å². The molecule has 1 aliphatic carbocycles. The fourth-order valence-electron chi connectivity index (χ4n) is 4.33. The van der Waals surface area contributed by atoms with Gasteiger partial charge in [-0.25, -0.2) is 0 Å². The average Bonchev–Trinajstić information content (AvgIpc) is 3.17. The topological polar surface area (TPSA) is 81.3 Å². The van der Waals surface area contributed by atoms with Gasteiger partial charge in [0.25, 0.3) is 5.56 Å². The first-order valence-corrected chi connectivity index (χ1v) is 12.2. The van der Waals surface area contributed by atoms with Crippen LogP contribution in [0.3, 0.4) is 0 Å². The van der Waals surface area contributed by atoms with Crippen molar-refractivity contribution in [2.45, 2.75) is 70.6 Å². The molecule has 1 fully saturated rings. The summed E-state index contributed by atoms with van der Waals surface area (Å²) >= 11 is 1.37. The number of carbonyl (C=O) groups excluding carboxylic acids is 1. The van der Waals surface area contributed by atoms with Crippen LogP contribution in [0.15, 0.2) is 34.2 Å². The van der Waals surface area contributed by atoms with Gasteiger partial charge in [-0.3, -0.25) is 18.6 Å². The normalized spacial score (nSPS) is 19.4. The summed E-state index contributed by atoms with van der Waals surface area (Å²) in [6.45, 7) is 7.08. The number of nitrogens with zero attached hydrogens (tertiary/aromatic N) is 4. The zero-order valence-electron chi connectivity index (χ0n) is 18.5. The van der Waals surface area contributed by atoms with Crippen LogP contribution in [0.2, 0.25) is 0 Å². The van der Waals surface area contributed by atoms with E-state index < -0.39 is 0 Å². The first-order valence-electron chi connectivity index (χ1n) is 11.2. The number of benzene rings is 1. The van der Waals surface area contributed by atoms with E-state index in [0.717, 1.165) is 18.4 Å². The molecular formula is C23H31N5O2S. The van der Waals surface area contributed by atoms with E-state index in [4.69, 9.17) is 0 Å². The summed E-state index contributed by atoms with van der Waals surface area (Å²) in [5.74, 6) is 1.84. The Kier molecular flexibility index (Phi) is 6.65. The standard InChI is InChI=1S/C23H31N5O2S/c1-15(2)12-13-27-21(30)17-9-5-7-11-19(17)28-22(27)25-26-23(28)31-14-20(29)24-18-10-6-4-8-16(18)3/h5,7,9,11,15-16,18H,4,6,8,10,12-14H2,1-3H3,(H,24,29). The second-order valence-electron chi connectivity index (χ2n) is 9.00. The highest BCUT2D eigenvalue weighted by atomic mass is 32.2. The van der Waals surface area contributed by atoms with Gasteiger partial charge in [0.2, 0.25) is 11.7 Å². The molecule has 2 heterocycles. The molecule has 8 heteroatoms. The van der Waals surface area contributed by atoms with Crippen molar-refractivity contribution in [1.29, 1.82) is 0 Å². The van der Waals surface area contributed by atoms with Crippen LogP contribution in [0.5, 0.6) is 0 Å². The summed E-state index contributed by atoms with van der Waals surface area (Å²) in [5, 5.41) is 13.2. The Hall–Kier alpha value is -2.35. The fraction of sp³-hybridized carbons (Fsp3) is 0.565. The number of thioether (sulfide) groups is 1. The number of hydrogen-bond acceptors (Lipinski definition) is 5. The molecule has 0 spiro atoms. The number of para-hydroxylation sites is 1. The summed E-state index contributed by atoms with van der Waals surface area (Å²) in [5.41, 5.74) is 0.730. The van der Waals surface area contributed by atoms with E-state index in [1.165, 1.54) is 31.0 Å². The number of rotatable bonds is 7. The molecule has 4 rings (SSSR count). The highest BCUT2D eigenvalue weighted by Gasteiger charge is 2.23. The monoisotopic (exact) mass is 441 g/mol. The summed E-state index contributed by atoms with van der Waals surface area (Å²) in [7, 11) is 0. The summed E-state index contributed by atoms with van der Waals surface area (Å²) in [6, 6.07) is 7.80. The Morgan fingerprint density at radius 2 is 2.00 bits per heavy atom. The molecule has 1 aromatic carbocycles. The molecule has 0 radical (unpaired) electrons.